The number of carbonyl (C=O) groups excluding carboxylic acids is 1. The maximum atomic E-state index is 12.6. The van der Waals surface area contributed by atoms with Crippen molar-refractivity contribution in [1.82, 2.24) is 4.98 Å². The summed E-state index contributed by atoms with van der Waals surface area (Å²) >= 11 is 0.943. The van der Waals surface area contributed by atoms with Crippen molar-refractivity contribution in [3.05, 3.63) is 76.1 Å². The topological polar surface area (TPSA) is 88.2 Å². The Hall–Kier alpha value is -2.70. The number of thiazole rings is 1. The van der Waals surface area contributed by atoms with Crippen molar-refractivity contribution in [1.29, 1.82) is 0 Å². The van der Waals surface area contributed by atoms with Crippen LogP contribution in [0.1, 0.15) is 61.5 Å². The highest BCUT2D eigenvalue weighted by atomic mass is 32.1. The van der Waals surface area contributed by atoms with Crippen molar-refractivity contribution in [2.75, 3.05) is 11.1 Å². The van der Waals surface area contributed by atoms with Crippen LogP contribution in [0, 0.1) is 6.92 Å². The van der Waals surface area contributed by atoms with E-state index < -0.39 is 48.2 Å². The number of nitrogens with zero attached hydrogens (tertiary/aromatic N) is 1. The van der Waals surface area contributed by atoms with Gasteiger partial charge in [-0.15, -0.1) is 11.3 Å². The van der Waals surface area contributed by atoms with Gasteiger partial charge in [0, 0.05) is 13.8 Å². The van der Waals surface area contributed by atoms with Gasteiger partial charge in [-0.3, -0.25) is 4.79 Å². The van der Waals surface area contributed by atoms with Gasteiger partial charge in [0.2, 0.25) is 5.91 Å². The number of unbranched alkanes of at least 4 members (excludes halogenated alkanes) is 1. The molecular formula is C23H27N3O2S. The Morgan fingerprint density at radius 1 is 1.24 bits per heavy atom. The van der Waals surface area contributed by atoms with E-state index in [1.54, 1.807) is 0 Å². The number of hydrogen-bond acceptors (Lipinski definition) is 5. The second-order valence-corrected chi connectivity index (χ2v) is 7.19. The van der Waals surface area contributed by atoms with Gasteiger partial charge in [-0.05, 0) is 49.4 Å². The molecule has 0 aliphatic heterocycles. The highest BCUT2D eigenvalue weighted by Gasteiger charge is 2.08. The number of aliphatic hydroxyl groups excluding tert-OH is 1. The van der Waals surface area contributed by atoms with E-state index in [1.165, 1.54) is 12.3 Å². The minimum absolute atomic E-state index is 0.0595. The van der Waals surface area contributed by atoms with Crippen LogP contribution in [0.25, 0.3) is 0 Å². The predicted molar refractivity (Wildman–Crippen MR) is 119 cm³/mol. The summed E-state index contributed by atoms with van der Waals surface area (Å²) in [5.74, 6) is -1.22. The summed E-state index contributed by atoms with van der Waals surface area (Å²) in [6.45, 7) is 1.47. The molecule has 0 bridgehead atoms. The van der Waals surface area contributed by atoms with E-state index >= 15 is 0 Å². The largest absolute Gasteiger partial charge is 0.388 e. The van der Waals surface area contributed by atoms with Crippen LogP contribution < -0.4 is 11.1 Å². The summed E-state index contributed by atoms with van der Waals surface area (Å²) < 4.78 is 81.3. The molecule has 0 spiro atoms. The molecule has 1 heterocycles. The average Bonchev–Trinajstić information content (AvgIpc) is 3.34. The number of nitrogens with one attached hydrogen (secondary N) is 1. The van der Waals surface area contributed by atoms with Crippen molar-refractivity contribution >= 4 is 28.1 Å². The minimum Gasteiger partial charge on any atom is -0.388 e. The van der Waals surface area contributed by atoms with E-state index in [4.69, 9.17) is 19.4 Å². The first kappa shape index (κ1) is 11.5. The molecule has 2 aromatic carbocycles. The van der Waals surface area contributed by atoms with Crippen LogP contribution in [0.3, 0.4) is 0 Å². The molecule has 3 rings (SSSR count). The van der Waals surface area contributed by atoms with E-state index in [1.807, 2.05) is 0 Å². The number of anilines is 2. The lowest BCUT2D eigenvalue weighted by molar-refractivity contribution is -0.115. The molecule has 152 valence electrons. The summed E-state index contributed by atoms with van der Waals surface area (Å²) in [6.07, 6.45) is -3.06. The third kappa shape index (κ3) is 6.69. The van der Waals surface area contributed by atoms with E-state index in [9.17, 15) is 9.90 Å². The number of amides is 1. The molecule has 0 fully saturated rings. The lowest BCUT2D eigenvalue weighted by atomic mass is 10.0. The summed E-state index contributed by atoms with van der Waals surface area (Å²) in [7, 11) is 0. The van der Waals surface area contributed by atoms with Gasteiger partial charge in [0.05, 0.1) is 29.1 Å². The second kappa shape index (κ2) is 10.2. The fraction of sp³-hybridized carbons (Fsp3) is 0.304. The van der Waals surface area contributed by atoms with Crippen molar-refractivity contribution < 1.29 is 23.6 Å². The normalized spacial score (nSPS) is 17.3. The van der Waals surface area contributed by atoms with Crippen LogP contribution >= 0.6 is 11.3 Å². The number of aromatic nitrogens is 1. The third-order valence-electron chi connectivity index (χ3n) is 3.94. The lowest BCUT2D eigenvalue weighted by Gasteiger charge is -2.11. The molecule has 0 radical (unpaired) electrons. The van der Waals surface area contributed by atoms with Crippen molar-refractivity contribution in [3.8, 4) is 0 Å². The fourth-order valence-corrected chi connectivity index (χ4v) is 2.96. The lowest BCUT2D eigenvalue weighted by Crippen LogP contribution is -2.14. The number of hydrogen-bond donors (Lipinski definition) is 3. The van der Waals surface area contributed by atoms with Crippen LogP contribution in [0.15, 0.2) is 53.7 Å². The first-order chi connectivity index (χ1) is 18.1. The van der Waals surface area contributed by atoms with Gasteiger partial charge in [-0.1, -0.05) is 48.2 Å². The molecule has 1 aromatic heterocycles. The van der Waals surface area contributed by atoms with Gasteiger partial charge in [0.15, 0.2) is 5.13 Å². The Kier molecular flexibility index (Phi) is 4.03. The van der Waals surface area contributed by atoms with E-state index in [0.29, 0.717) is 12.8 Å². The monoisotopic (exact) mass is 419 g/mol. The smallest absolute Gasteiger partial charge is 0.230 e. The van der Waals surface area contributed by atoms with Crippen LogP contribution in [0.5, 0.6) is 0 Å². The Bertz CT molecular complexity index is 1370. The standard InChI is InChI=1S/C23H27N3O2S/c1-16-6-10-18(11-7-16)21(27)5-3-2-4-17-8-12-19(13-9-17)25-22(28)14-20-15-29-23(24)26-20/h6-13,15,21,27H,2-5,14H2,1H3,(H2,24,26)(H,25,28)/t21-/m0/s1/i6D,7D,8D,9D,10D,11D,12D,13D,14D2. The number of benzene rings is 2. The molecule has 0 saturated heterocycles. The predicted octanol–water partition coefficient (Wildman–Crippen LogP) is 4.66. The molecule has 5 nitrogen and oxygen atoms in total. The number of nitrogens with two attached hydrogens (primary N) is 1. The Labute approximate surface area is 189 Å². The summed E-state index contributed by atoms with van der Waals surface area (Å²) in [6, 6.07) is -2.93. The SMILES string of the molecule is [2H]c1c([2H])c([C@@H](O)CCCCc2c([2H])c([2H])c(NC(=O)C([2H])([2H])c3csc(N)n3)c([2H])c2[2H])c([2H])c([2H])c1C. The molecule has 0 aliphatic carbocycles. The number of aliphatic hydroxyl groups is 1. The molecule has 29 heavy (non-hydrogen) atoms. The number of rotatable bonds is 9. The molecule has 4 N–H and O–H groups in total. The molecule has 3 aromatic rings. The Morgan fingerprint density at radius 2 is 1.97 bits per heavy atom. The molecule has 0 unspecified atom stereocenters. The molecular weight excluding hydrogens is 382 g/mol. The zero-order valence-electron chi connectivity index (χ0n) is 25.8. The third-order valence-corrected chi connectivity index (χ3v) is 4.61. The molecule has 6 heteroatoms. The van der Waals surface area contributed by atoms with Gasteiger partial charge in [-0.25, -0.2) is 4.98 Å². The second-order valence-electron chi connectivity index (χ2n) is 6.30. The summed E-state index contributed by atoms with van der Waals surface area (Å²) in [5.41, 5.74) is 4.97. The molecule has 1 atom stereocenters. The van der Waals surface area contributed by atoms with Crippen LogP contribution in [-0.2, 0) is 17.6 Å². The first-order valence-corrected chi connectivity index (χ1v) is 9.86. The molecule has 0 aliphatic rings. The van der Waals surface area contributed by atoms with Crippen LogP contribution in [0.2, 0.25) is 0 Å². The van der Waals surface area contributed by atoms with Crippen LogP contribution in [-0.4, -0.2) is 16.0 Å². The minimum atomic E-state index is -2.63. The Balaban J connectivity index is 1.73. The highest BCUT2D eigenvalue weighted by Crippen LogP contribution is 2.21. The van der Waals surface area contributed by atoms with Crippen molar-refractivity contribution in [2.24, 2.45) is 0 Å². The van der Waals surface area contributed by atoms with Gasteiger partial charge in [-0.2, -0.15) is 0 Å². The Morgan fingerprint density at radius 3 is 2.62 bits per heavy atom. The zero-order chi connectivity index (χ0) is 29.4. The molecule has 1 amide bonds. The van der Waals surface area contributed by atoms with Crippen molar-refractivity contribution in [2.45, 2.75) is 45.1 Å². The zero-order valence-corrected chi connectivity index (χ0v) is 16.6. The van der Waals surface area contributed by atoms with Gasteiger partial charge >= 0.3 is 0 Å². The molecule has 0 saturated carbocycles. The van der Waals surface area contributed by atoms with E-state index in [2.05, 4.69) is 10.3 Å². The quantitative estimate of drug-likeness (QED) is 0.440. The average molecular weight is 420 g/mol. The fourth-order valence-electron chi connectivity index (χ4n) is 2.47. The maximum Gasteiger partial charge on any atom is 0.230 e. The van der Waals surface area contributed by atoms with Gasteiger partial charge in [0.1, 0.15) is 0 Å². The number of carbonyl (C=O) groups is 1. The summed E-state index contributed by atoms with van der Waals surface area (Å²) in [5, 5.41) is 14.1. The van der Waals surface area contributed by atoms with Gasteiger partial charge in [0.25, 0.3) is 0 Å². The highest BCUT2D eigenvalue weighted by molar-refractivity contribution is 7.13. The maximum absolute atomic E-state index is 12.6. The van der Waals surface area contributed by atoms with Crippen molar-refractivity contribution in [3.63, 3.8) is 0 Å². The van der Waals surface area contributed by atoms with Crippen LogP contribution in [0.4, 0.5) is 10.8 Å². The number of nitrogen functional groups attached to an aromatic ring is 1. The van der Waals surface area contributed by atoms with E-state index in [-0.39, 0.29) is 64.5 Å². The first-order valence-electron chi connectivity index (χ1n) is 14.0. The summed E-state index contributed by atoms with van der Waals surface area (Å²) in [4.78, 5) is 16.4. The van der Waals surface area contributed by atoms with Gasteiger partial charge < -0.3 is 16.2 Å². The van der Waals surface area contributed by atoms with E-state index in [0.717, 1.165) is 11.3 Å².